The van der Waals surface area contributed by atoms with E-state index in [1.165, 1.54) is 11.1 Å². The first-order chi connectivity index (χ1) is 10.8. The minimum Gasteiger partial charge on any atom is -0.496 e. The monoisotopic (exact) mass is 295 g/mol. The van der Waals surface area contributed by atoms with E-state index in [9.17, 15) is 0 Å². The lowest BCUT2D eigenvalue weighted by molar-refractivity contribution is 0.407. The fourth-order valence-corrected chi connectivity index (χ4v) is 3.10. The summed E-state index contributed by atoms with van der Waals surface area (Å²) in [4.78, 5) is 10.9. The molecular formula is C16H17N5O. The third-order valence-electron chi connectivity index (χ3n) is 4.13. The molecule has 0 aliphatic carbocycles. The number of rotatable bonds is 2. The molecule has 0 N–H and O–H groups in total. The van der Waals surface area contributed by atoms with E-state index in [0.717, 1.165) is 36.8 Å². The topological polar surface area (TPSA) is 55.5 Å². The van der Waals surface area contributed by atoms with Crippen LogP contribution < -0.4 is 9.64 Å². The van der Waals surface area contributed by atoms with Crippen molar-refractivity contribution in [2.45, 2.75) is 19.9 Å². The van der Waals surface area contributed by atoms with Crippen molar-refractivity contribution in [3.63, 3.8) is 0 Å². The van der Waals surface area contributed by atoms with Gasteiger partial charge in [-0.15, -0.1) is 0 Å². The maximum atomic E-state index is 5.47. The third-order valence-corrected chi connectivity index (χ3v) is 4.13. The summed E-state index contributed by atoms with van der Waals surface area (Å²) in [5.41, 5.74) is 3.56. The Labute approximate surface area is 128 Å². The molecule has 0 amide bonds. The van der Waals surface area contributed by atoms with Gasteiger partial charge in [0.15, 0.2) is 0 Å². The number of aromatic nitrogens is 4. The van der Waals surface area contributed by atoms with E-state index in [1.807, 2.05) is 19.1 Å². The number of methoxy groups -OCH3 is 1. The number of nitrogens with zero attached hydrogens (tertiary/aromatic N) is 5. The van der Waals surface area contributed by atoms with Gasteiger partial charge in [0.05, 0.1) is 7.11 Å². The molecule has 0 saturated heterocycles. The predicted molar refractivity (Wildman–Crippen MR) is 83.3 cm³/mol. The number of aryl methyl sites for hydroxylation is 1. The lowest BCUT2D eigenvalue weighted by atomic mass is 9.98. The van der Waals surface area contributed by atoms with Gasteiger partial charge in [-0.3, -0.25) is 0 Å². The molecule has 3 heterocycles. The van der Waals surface area contributed by atoms with Crippen molar-refractivity contribution in [2.75, 3.05) is 18.6 Å². The van der Waals surface area contributed by atoms with E-state index in [0.29, 0.717) is 5.78 Å². The lowest BCUT2D eigenvalue weighted by Crippen LogP contribution is -2.32. The summed E-state index contributed by atoms with van der Waals surface area (Å²) in [6, 6.07) is 8.30. The maximum Gasteiger partial charge on any atom is 0.254 e. The van der Waals surface area contributed by atoms with Crippen LogP contribution in [0, 0.1) is 6.92 Å². The molecule has 112 valence electrons. The Balaban J connectivity index is 1.76. The number of anilines is 1. The molecule has 22 heavy (non-hydrogen) atoms. The summed E-state index contributed by atoms with van der Waals surface area (Å²) in [5.74, 6) is 2.66. The standard InChI is InChI=1S/C16H17N5O/c1-11-8-15(21-16(19-11)17-10-18-21)20-7-6-13-12(9-20)4-3-5-14(13)22-2/h3-5,8,10H,6-7,9H2,1-2H3. The van der Waals surface area contributed by atoms with Crippen molar-refractivity contribution in [3.8, 4) is 5.75 Å². The largest absolute Gasteiger partial charge is 0.496 e. The van der Waals surface area contributed by atoms with Crippen LogP contribution in [-0.2, 0) is 13.0 Å². The molecule has 0 unspecified atom stereocenters. The summed E-state index contributed by atoms with van der Waals surface area (Å²) in [6.07, 6.45) is 2.50. The molecule has 1 aliphatic rings. The van der Waals surface area contributed by atoms with Gasteiger partial charge in [-0.25, -0.2) is 4.98 Å². The second-order valence-corrected chi connectivity index (χ2v) is 5.50. The lowest BCUT2D eigenvalue weighted by Gasteiger charge is -2.31. The molecule has 6 nitrogen and oxygen atoms in total. The van der Waals surface area contributed by atoms with Crippen molar-refractivity contribution in [3.05, 3.63) is 47.4 Å². The summed E-state index contributed by atoms with van der Waals surface area (Å²) in [7, 11) is 1.73. The molecule has 3 aromatic rings. The smallest absolute Gasteiger partial charge is 0.254 e. The van der Waals surface area contributed by atoms with Crippen LogP contribution in [0.25, 0.3) is 5.78 Å². The summed E-state index contributed by atoms with van der Waals surface area (Å²) >= 11 is 0. The van der Waals surface area contributed by atoms with Crippen LogP contribution in [0.15, 0.2) is 30.6 Å². The van der Waals surface area contributed by atoms with Gasteiger partial charge < -0.3 is 9.64 Å². The van der Waals surface area contributed by atoms with Crippen LogP contribution in [-0.4, -0.2) is 33.2 Å². The zero-order chi connectivity index (χ0) is 15.1. The molecule has 6 heteroatoms. The second kappa shape index (κ2) is 4.98. The van der Waals surface area contributed by atoms with Crippen LogP contribution >= 0.6 is 0 Å². The van der Waals surface area contributed by atoms with E-state index >= 15 is 0 Å². The number of hydrogen-bond acceptors (Lipinski definition) is 5. The van der Waals surface area contributed by atoms with Gasteiger partial charge in [-0.2, -0.15) is 14.6 Å². The highest BCUT2D eigenvalue weighted by atomic mass is 16.5. The van der Waals surface area contributed by atoms with Crippen LogP contribution in [0.3, 0.4) is 0 Å². The minimum atomic E-state index is 0.645. The van der Waals surface area contributed by atoms with Gasteiger partial charge in [0.2, 0.25) is 0 Å². The van der Waals surface area contributed by atoms with Gasteiger partial charge in [-0.05, 0) is 25.0 Å². The Hall–Kier alpha value is -2.63. The van der Waals surface area contributed by atoms with Crippen LogP contribution in [0.5, 0.6) is 5.75 Å². The van der Waals surface area contributed by atoms with Crippen LogP contribution in [0.4, 0.5) is 5.82 Å². The van der Waals surface area contributed by atoms with Crippen LogP contribution in [0.2, 0.25) is 0 Å². The van der Waals surface area contributed by atoms with Gasteiger partial charge in [0.1, 0.15) is 17.9 Å². The fourth-order valence-electron chi connectivity index (χ4n) is 3.10. The van der Waals surface area contributed by atoms with Gasteiger partial charge in [0.25, 0.3) is 5.78 Å². The van der Waals surface area contributed by atoms with Gasteiger partial charge in [-0.1, -0.05) is 12.1 Å². The number of hydrogen-bond donors (Lipinski definition) is 0. The molecule has 1 aliphatic heterocycles. The Kier molecular flexibility index (Phi) is 2.96. The van der Waals surface area contributed by atoms with E-state index in [-0.39, 0.29) is 0 Å². The van der Waals surface area contributed by atoms with Crippen molar-refractivity contribution in [2.24, 2.45) is 0 Å². The number of fused-ring (bicyclic) bond motifs is 2. The summed E-state index contributed by atoms with van der Waals surface area (Å²) < 4.78 is 7.28. The second-order valence-electron chi connectivity index (χ2n) is 5.50. The van der Waals surface area contributed by atoms with Crippen molar-refractivity contribution in [1.29, 1.82) is 0 Å². The highest BCUT2D eigenvalue weighted by Crippen LogP contribution is 2.30. The molecule has 0 radical (unpaired) electrons. The Morgan fingerprint density at radius 3 is 3.05 bits per heavy atom. The molecular weight excluding hydrogens is 278 g/mol. The quantitative estimate of drug-likeness (QED) is 0.724. The normalized spacial score (nSPS) is 14.2. The first kappa shape index (κ1) is 13.1. The van der Waals surface area contributed by atoms with Gasteiger partial charge >= 0.3 is 0 Å². The fraction of sp³-hybridized carbons (Fsp3) is 0.312. The van der Waals surface area contributed by atoms with E-state index in [1.54, 1.807) is 18.0 Å². The number of ether oxygens (including phenoxy) is 1. The Morgan fingerprint density at radius 1 is 1.27 bits per heavy atom. The van der Waals surface area contributed by atoms with E-state index in [4.69, 9.17) is 4.74 Å². The SMILES string of the molecule is COc1cccc2c1CCN(c1cc(C)nc3ncnn13)C2. The van der Waals surface area contributed by atoms with E-state index in [2.05, 4.69) is 32.1 Å². The first-order valence-electron chi connectivity index (χ1n) is 7.33. The molecule has 0 fully saturated rings. The highest BCUT2D eigenvalue weighted by Gasteiger charge is 2.21. The zero-order valence-corrected chi connectivity index (χ0v) is 12.7. The van der Waals surface area contributed by atoms with Crippen molar-refractivity contribution < 1.29 is 4.74 Å². The average molecular weight is 295 g/mol. The molecule has 0 atom stereocenters. The molecule has 0 bridgehead atoms. The Bertz CT molecular complexity index is 842. The zero-order valence-electron chi connectivity index (χ0n) is 12.7. The van der Waals surface area contributed by atoms with Gasteiger partial charge in [0, 0.05) is 30.4 Å². The molecule has 0 saturated carbocycles. The first-order valence-corrected chi connectivity index (χ1v) is 7.33. The van der Waals surface area contributed by atoms with Crippen LogP contribution in [0.1, 0.15) is 16.8 Å². The predicted octanol–water partition coefficient (Wildman–Crippen LogP) is 2.00. The summed E-state index contributed by atoms with van der Waals surface area (Å²) in [5, 5.41) is 4.30. The average Bonchev–Trinajstić information content (AvgIpc) is 3.01. The third kappa shape index (κ3) is 1.99. The molecule has 1 aromatic carbocycles. The summed E-state index contributed by atoms with van der Waals surface area (Å²) in [6.45, 7) is 3.75. The Morgan fingerprint density at radius 2 is 2.18 bits per heavy atom. The van der Waals surface area contributed by atoms with Crippen molar-refractivity contribution in [1.82, 2.24) is 19.6 Å². The molecule has 2 aromatic heterocycles. The molecule has 4 rings (SSSR count). The highest BCUT2D eigenvalue weighted by molar-refractivity contribution is 5.52. The molecule has 0 spiro atoms. The van der Waals surface area contributed by atoms with Crippen molar-refractivity contribution >= 4 is 11.6 Å². The van der Waals surface area contributed by atoms with E-state index < -0.39 is 0 Å². The minimum absolute atomic E-state index is 0.645. The maximum absolute atomic E-state index is 5.47. The number of benzene rings is 1.